The van der Waals surface area contributed by atoms with Crippen LogP contribution in [0.4, 0.5) is 0 Å². The van der Waals surface area contributed by atoms with E-state index >= 15 is 0 Å². The molecule has 1 N–H and O–H groups in total. The molecule has 2 aliphatic rings. The molecule has 0 radical (unpaired) electrons. The molecule has 2 rings (SSSR count). The predicted octanol–water partition coefficient (Wildman–Crippen LogP) is 3.37. The quantitative estimate of drug-likeness (QED) is 0.612. The van der Waals surface area contributed by atoms with Crippen LogP contribution in [0.2, 0.25) is 0 Å². The molecule has 0 bridgehead atoms. The zero-order valence-electron chi connectivity index (χ0n) is 7.85. The smallest absolute Gasteiger partial charge is 0.0966 e. The third-order valence-electron chi connectivity index (χ3n) is 2.22. The second-order valence-electron chi connectivity index (χ2n) is 3.28. The Labute approximate surface area is 83.8 Å². The Morgan fingerprint density at radius 3 is 2.57 bits per heavy atom. The minimum Gasteiger partial charge on any atom is -0.512 e. The van der Waals surface area contributed by atoms with E-state index in [9.17, 15) is 5.11 Å². The molecule has 0 unspecified atom stereocenters. The average Bonchev–Trinajstić information content (AvgIpc) is 2.29. The molecule has 0 saturated heterocycles. The van der Waals surface area contributed by atoms with Gasteiger partial charge in [-0.15, -0.1) is 0 Å². The van der Waals surface area contributed by atoms with E-state index in [1.807, 2.05) is 42.5 Å². The highest BCUT2D eigenvalue weighted by Gasteiger charge is 2.08. The fourth-order valence-electron chi connectivity index (χ4n) is 1.49. The molecule has 0 aromatic rings. The van der Waals surface area contributed by atoms with Crippen LogP contribution in [0.3, 0.4) is 0 Å². The van der Waals surface area contributed by atoms with E-state index in [0.29, 0.717) is 12.2 Å². The third kappa shape index (κ3) is 1.94. The van der Waals surface area contributed by atoms with E-state index in [-0.39, 0.29) is 0 Å². The Morgan fingerprint density at radius 2 is 1.64 bits per heavy atom. The summed E-state index contributed by atoms with van der Waals surface area (Å²) in [5, 5.41) is 9.39. The van der Waals surface area contributed by atoms with Crippen molar-refractivity contribution < 1.29 is 5.11 Å². The van der Waals surface area contributed by atoms with Gasteiger partial charge >= 0.3 is 0 Å². The Hall–Kier alpha value is -1.76. The van der Waals surface area contributed by atoms with Crippen molar-refractivity contribution in [2.75, 3.05) is 0 Å². The van der Waals surface area contributed by atoms with E-state index in [0.717, 1.165) is 5.57 Å². The van der Waals surface area contributed by atoms with Crippen molar-refractivity contribution in [3.8, 4) is 0 Å². The van der Waals surface area contributed by atoms with Gasteiger partial charge in [-0.1, -0.05) is 48.6 Å². The molecule has 2 aliphatic carbocycles. The van der Waals surface area contributed by atoms with Gasteiger partial charge in [0.25, 0.3) is 0 Å². The minimum absolute atomic E-state index is 0.425. The second-order valence-corrected chi connectivity index (χ2v) is 3.28. The molecule has 1 nitrogen and oxygen atoms in total. The van der Waals surface area contributed by atoms with Crippen molar-refractivity contribution in [1.29, 1.82) is 0 Å². The lowest BCUT2D eigenvalue weighted by molar-refractivity contribution is 0.397. The zero-order chi connectivity index (χ0) is 9.80. The highest BCUT2D eigenvalue weighted by atomic mass is 16.3. The maximum Gasteiger partial charge on any atom is 0.0966 e. The number of fused-ring (bicyclic) bond motifs is 1. The normalized spacial score (nSPS) is 19.9. The van der Waals surface area contributed by atoms with Crippen molar-refractivity contribution in [2.24, 2.45) is 0 Å². The van der Waals surface area contributed by atoms with Gasteiger partial charge in [0.05, 0.1) is 5.76 Å². The summed E-state index contributed by atoms with van der Waals surface area (Å²) in [6.45, 7) is 0. The number of allylic oxidation sites excluding steroid dienone is 11. The summed E-state index contributed by atoms with van der Waals surface area (Å²) < 4.78 is 0. The summed E-state index contributed by atoms with van der Waals surface area (Å²) in [6.07, 6.45) is 18.4. The van der Waals surface area contributed by atoms with Crippen molar-refractivity contribution in [3.63, 3.8) is 0 Å². The zero-order valence-corrected chi connectivity index (χ0v) is 7.85. The topological polar surface area (TPSA) is 20.2 Å². The van der Waals surface area contributed by atoms with Crippen LogP contribution in [-0.2, 0) is 0 Å². The Kier molecular flexibility index (Phi) is 2.50. The molecule has 0 aliphatic heterocycles. The fourth-order valence-corrected chi connectivity index (χ4v) is 1.49. The Balaban J connectivity index is 2.40. The van der Waals surface area contributed by atoms with Gasteiger partial charge in [0.2, 0.25) is 0 Å². The van der Waals surface area contributed by atoms with E-state index in [1.54, 1.807) is 6.08 Å². The SMILES string of the molecule is OC1=CC=C2C=CC=CC=CC=C2C1. The molecule has 0 saturated carbocycles. The van der Waals surface area contributed by atoms with Crippen LogP contribution in [-0.4, -0.2) is 5.11 Å². The first-order chi connectivity index (χ1) is 6.86. The first kappa shape index (κ1) is 8.82. The standard InChI is InChI=1S/C13H12O/c14-13-9-8-11-6-4-2-1-3-5-7-12(11)10-13/h1-9,14H,10H2. The highest BCUT2D eigenvalue weighted by Crippen LogP contribution is 2.24. The first-order valence-electron chi connectivity index (χ1n) is 4.67. The van der Waals surface area contributed by atoms with Crippen molar-refractivity contribution in [1.82, 2.24) is 0 Å². The number of rotatable bonds is 0. The fraction of sp³-hybridized carbons (Fsp3) is 0.0769. The third-order valence-corrected chi connectivity index (χ3v) is 2.22. The molecule has 14 heavy (non-hydrogen) atoms. The number of hydrogen-bond donors (Lipinski definition) is 1. The molecular weight excluding hydrogens is 172 g/mol. The van der Waals surface area contributed by atoms with E-state index in [2.05, 4.69) is 6.08 Å². The van der Waals surface area contributed by atoms with Crippen LogP contribution < -0.4 is 0 Å². The van der Waals surface area contributed by atoms with Gasteiger partial charge in [0.1, 0.15) is 0 Å². The van der Waals surface area contributed by atoms with Crippen LogP contribution in [0.25, 0.3) is 0 Å². The molecule has 0 aromatic carbocycles. The van der Waals surface area contributed by atoms with Crippen LogP contribution in [0, 0.1) is 0 Å². The Morgan fingerprint density at radius 1 is 0.857 bits per heavy atom. The molecule has 0 heterocycles. The maximum absolute atomic E-state index is 9.39. The van der Waals surface area contributed by atoms with Crippen molar-refractivity contribution in [2.45, 2.75) is 6.42 Å². The van der Waals surface area contributed by atoms with Crippen molar-refractivity contribution >= 4 is 0 Å². The summed E-state index contributed by atoms with van der Waals surface area (Å²) >= 11 is 0. The lowest BCUT2D eigenvalue weighted by atomic mass is 9.96. The summed E-state index contributed by atoms with van der Waals surface area (Å²) in [5.74, 6) is 0.425. The summed E-state index contributed by atoms with van der Waals surface area (Å²) in [4.78, 5) is 0. The molecular formula is C13H12O. The number of aliphatic hydroxyl groups is 1. The molecule has 0 fully saturated rings. The van der Waals surface area contributed by atoms with Gasteiger partial charge in [-0.2, -0.15) is 0 Å². The Bertz CT molecular complexity index is 401. The van der Waals surface area contributed by atoms with Gasteiger partial charge in [0.15, 0.2) is 0 Å². The van der Waals surface area contributed by atoms with E-state index in [1.165, 1.54) is 5.57 Å². The van der Waals surface area contributed by atoms with Crippen LogP contribution >= 0.6 is 0 Å². The number of aliphatic hydroxyl groups excluding tert-OH is 1. The summed E-state index contributed by atoms with van der Waals surface area (Å²) in [7, 11) is 0. The maximum atomic E-state index is 9.39. The molecule has 70 valence electrons. The molecule has 0 aromatic heterocycles. The van der Waals surface area contributed by atoms with Gasteiger partial charge in [-0.25, -0.2) is 0 Å². The largest absolute Gasteiger partial charge is 0.512 e. The minimum atomic E-state index is 0.425. The number of hydrogen-bond acceptors (Lipinski definition) is 1. The predicted molar refractivity (Wildman–Crippen MR) is 58.9 cm³/mol. The second kappa shape index (κ2) is 3.97. The molecule has 0 amide bonds. The highest BCUT2D eigenvalue weighted by molar-refractivity contribution is 5.49. The van der Waals surface area contributed by atoms with Crippen LogP contribution in [0.15, 0.2) is 71.6 Å². The van der Waals surface area contributed by atoms with Gasteiger partial charge < -0.3 is 5.11 Å². The first-order valence-corrected chi connectivity index (χ1v) is 4.67. The van der Waals surface area contributed by atoms with E-state index in [4.69, 9.17) is 0 Å². The summed E-state index contributed by atoms with van der Waals surface area (Å²) in [6, 6.07) is 0. The summed E-state index contributed by atoms with van der Waals surface area (Å²) in [5.41, 5.74) is 2.32. The lowest BCUT2D eigenvalue weighted by Crippen LogP contribution is -1.95. The van der Waals surface area contributed by atoms with Gasteiger partial charge in [-0.3, -0.25) is 0 Å². The van der Waals surface area contributed by atoms with Gasteiger partial charge in [-0.05, 0) is 17.2 Å². The van der Waals surface area contributed by atoms with Gasteiger partial charge in [0, 0.05) is 6.42 Å². The average molecular weight is 184 g/mol. The van der Waals surface area contributed by atoms with Crippen molar-refractivity contribution in [3.05, 3.63) is 71.6 Å². The van der Waals surface area contributed by atoms with Crippen LogP contribution in [0.5, 0.6) is 0 Å². The molecule has 0 atom stereocenters. The lowest BCUT2D eigenvalue weighted by Gasteiger charge is -2.11. The monoisotopic (exact) mass is 184 g/mol. The molecule has 1 heteroatoms. The van der Waals surface area contributed by atoms with E-state index < -0.39 is 0 Å². The molecule has 0 spiro atoms. The van der Waals surface area contributed by atoms with Crippen LogP contribution in [0.1, 0.15) is 6.42 Å².